The number of aryl methyl sites for hydroxylation is 1. The number of carbonyl (C=O) groups is 1. The molecule has 134 valence electrons. The number of benzene rings is 2. The van der Waals surface area contributed by atoms with Gasteiger partial charge in [-0.05, 0) is 30.7 Å². The SMILES string of the molecule is Cc1cccc(CNC(=O)CN(c2cc(Cl)ccc2Cl)S(C)(=O)=O)c1. The Morgan fingerprint density at radius 2 is 1.88 bits per heavy atom. The van der Waals surface area contributed by atoms with Gasteiger partial charge in [-0.25, -0.2) is 8.42 Å². The van der Waals surface area contributed by atoms with Gasteiger partial charge in [-0.2, -0.15) is 0 Å². The Hall–Kier alpha value is -1.76. The van der Waals surface area contributed by atoms with Gasteiger partial charge in [0.25, 0.3) is 0 Å². The molecule has 0 aromatic heterocycles. The van der Waals surface area contributed by atoms with Gasteiger partial charge < -0.3 is 5.32 Å². The molecule has 2 rings (SSSR count). The highest BCUT2D eigenvalue weighted by Gasteiger charge is 2.23. The second-order valence-electron chi connectivity index (χ2n) is 5.63. The fraction of sp³-hybridized carbons (Fsp3) is 0.235. The van der Waals surface area contributed by atoms with Crippen molar-refractivity contribution in [2.24, 2.45) is 0 Å². The van der Waals surface area contributed by atoms with Crippen molar-refractivity contribution in [1.82, 2.24) is 5.32 Å². The minimum Gasteiger partial charge on any atom is -0.350 e. The average Bonchev–Trinajstić information content (AvgIpc) is 2.52. The molecule has 0 unspecified atom stereocenters. The predicted octanol–water partition coefficient (Wildman–Crippen LogP) is 3.38. The van der Waals surface area contributed by atoms with E-state index in [1.807, 2.05) is 31.2 Å². The van der Waals surface area contributed by atoms with E-state index in [9.17, 15) is 13.2 Å². The van der Waals surface area contributed by atoms with Crippen molar-refractivity contribution in [3.05, 3.63) is 63.6 Å². The minimum atomic E-state index is -3.71. The van der Waals surface area contributed by atoms with Crippen LogP contribution in [-0.2, 0) is 21.4 Å². The molecule has 0 aliphatic carbocycles. The molecule has 0 spiro atoms. The first-order chi connectivity index (χ1) is 11.7. The lowest BCUT2D eigenvalue weighted by Gasteiger charge is -2.23. The maximum Gasteiger partial charge on any atom is 0.241 e. The number of hydrogen-bond acceptors (Lipinski definition) is 3. The fourth-order valence-corrected chi connectivity index (χ4v) is 3.56. The standard InChI is InChI=1S/C17H18Cl2N2O3S/c1-12-4-3-5-13(8-12)10-20-17(22)11-21(25(2,23)24)16-9-14(18)6-7-15(16)19/h3-9H,10-11H2,1-2H3,(H,20,22). The zero-order valence-corrected chi connectivity index (χ0v) is 16.1. The van der Waals surface area contributed by atoms with E-state index >= 15 is 0 Å². The van der Waals surface area contributed by atoms with Crippen LogP contribution in [0.2, 0.25) is 10.0 Å². The van der Waals surface area contributed by atoms with Crippen molar-refractivity contribution in [3.63, 3.8) is 0 Å². The Morgan fingerprint density at radius 1 is 1.16 bits per heavy atom. The first-order valence-electron chi connectivity index (χ1n) is 7.42. The number of hydrogen-bond donors (Lipinski definition) is 1. The second-order valence-corrected chi connectivity index (χ2v) is 8.38. The molecule has 2 aromatic carbocycles. The van der Waals surface area contributed by atoms with Crippen molar-refractivity contribution in [3.8, 4) is 0 Å². The molecule has 0 saturated heterocycles. The van der Waals surface area contributed by atoms with Crippen LogP contribution in [0.5, 0.6) is 0 Å². The molecule has 1 amide bonds. The highest BCUT2D eigenvalue weighted by atomic mass is 35.5. The Balaban J connectivity index is 2.15. The third-order valence-corrected chi connectivity index (χ3v) is 5.12. The molecule has 0 radical (unpaired) electrons. The molecule has 0 aliphatic heterocycles. The minimum absolute atomic E-state index is 0.169. The molecule has 0 aliphatic rings. The summed E-state index contributed by atoms with van der Waals surface area (Å²) < 4.78 is 25.1. The number of nitrogens with zero attached hydrogens (tertiary/aromatic N) is 1. The molecule has 8 heteroatoms. The molecule has 1 N–H and O–H groups in total. The van der Waals surface area contributed by atoms with Gasteiger partial charge in [-0.3, -0.25) is 9.10 Å². The second kappa shape index (κ2) is 8.08. The van der Waals surface area contributed by atoms with E-state index < -0.39 is 15.9 Å². The zero-order valence-electron chi connectivity index (χ0n) is 13.8. The number of amides is 1. The Kier molecular flexibility index (Phi) is 6.32. The van der Waals surface area contributed by atoms with Gasteiger partial charge in [0.2, 0.25) is 15.9 Å². The van der Waals surface area contributed by atoms with Gasteiger partial charge in [0, 0.05) is 11.6 Å². The van der Waals surface area contributed by atoms with Gasteiger partial charge in [0.15, 0.2) is 0 Å². The molecule has 5 nitrogen and oxygen atoms in total. The summed E-state index contributed by atoms with van der Waals surface area (Å²) in [5, 5.41) is 3.23. The van der Waals surface area contributed by atoms with E-state index in [0.29, 0.717) is 11.6 Å². The van der Waals surface area contributed by atoms with E-state index in [-0.39, 0.29) is 17.3 Å². The van der Waals surface area contributed by atoms with Crippen LogP contribution in [0.25, 0.3) is 0 Å². The number of halogens is 2. The first kappa shape index (κ1) is 19.6. The number of sulfonamides is 1. The van der Waals surface area contributed by atoms with Crippen LogP contribution in [0.3, 0.4) is 0 Å². The first-order valence-corrected chi connectivity index (χ1v) is 10.0. The summed E-state index contributed by atoms with van der Waals surface area (Å²) in [5.74, 6) is -0.442. The van der Waals surface area contributed by atoms with Gasteiger partial charge in [0.05, 0.1) is 17.0 Å². The fourth-order valence-electron chi connectivity index (χ4n) is 2.27. The number of nitrogens with one attached hydrogen (secondary N) is 1. The lowest BCUT2D eigenvalue weighted by atomic mass is 10.1. The third kappa shape index (κ3) is 5.63. The van der Waals surface area contributed by atoms with Gasteiger partial charge in [-0.1, -0.05) is 53.0 Å². The van der Waals surface area contributed by atoms with E-state index in [1.54, 1.807) is 6.07 Å². The van der Waals surface area contributed by atoms with Gasteiger partial charge >= 0.3 is 0 Å². The summed E-state index contributed by atoms with van der Waals surface area (Å²) in [7, 11) is -3.71. The molecule has 0 saturated carbocycles. The molecular weight excluding hydrogens is 383 g/mol. The van der Waals surface area contributed by atoms with E-state index in [1.165, 1.54) is 12.1 Å². The van der Waals surface area contributed by atoms with Gasteiger partial charge in [0.1, 0.15) is 6.54 Å². The topological polar surface area (TPSA) is 66.5 Å². The maximum atomic E-state index is 12.2. The lowest BCUT2D eigenvalue weighted by molar-refractivity contribution is -0.119. The van der Waals surface area contributed by atoms with Crippen LogP contribution in [0.1, 0.15) is 11.1 Å². The van der Waals surface area contributed by atoms with E-state index in [0.717, 1.165) is 21.7 Å². The van der Waals surface area contributed by atoms with Crippen LogP contribution in [-0.4, -0.2) is 27.1 Å². The highest BCUT2D eigenvalue weighted by molar-refractivity contribution is 7.92. The van der Waals surface area contributed by atoms with Crippen molar-refractivity contribution < 1.29 is 13.2 Å². The summed E-state index contributed by atoms with van der Waals surface area (Å²) in [6.45, 7) is 1.88. The Bertz CT molecular complexity index is 885. The van der Waals surface area contributed by atoms with Crippen molar-refractivity contribution in [2.75, 3.05) is 17.1 Å². The van der Waals surface area contributed by atoms with Crippen molar-refractivity contribution in [2.45, 2.75) is 13.5 Å². The number of rotatable bonds is 6. The smallest absolute Gasteiger partial charge is 0.241 e. The normalized spacial score (nSPS) is 11.2. The molecule has 0 atom stereocenters. The number of anilines is 1. The van der Waals surface area contributed by atoms with Crippen LogP contribution in [0, 0.1) is 6.92 Å². The van der Waals surface area contributed by atoms with Crippen LogP contribution >= 0.6 is 23.2 Å². The van der Waals surface area contributed by atoms with E-state index in [2.05, 4.69) is 5.32 Å². The Morgan fingerprint density at radius 3 is 2.52 bits per heavy atom. The van der Waals surface area contributed by atoms with Crippen LogP contribution in [0.15, 0.2) is 42.5 Å². The monoisotopic (exact) mass is 400 g/mol. The van der Waals surface area contributed by atoms with Crippen molar-refractivity contribution in [1.29, 1.82) is 0 Å². The number of carbonyl (C=O) groups excluding carboxylic acids is 1. The Labute approximate surface area is 157 Å². The summed E-state index contributed by atoms with van der Waals surface area (Å²) in [5.41, 5.74) is 2.18. The largest absolute Gasteiger partial charge is 0.350 e. The average molecular weight is 401 g/mol. The molecule has 0 heterocycles. The highest BCUT2D eigenvalue weighted by Crippen LogP contribution is 2.30. The predicted molar refractivity (Wildman–Crippen MR) is 102 cm³/mol. The molecule has 25 heavy (non-hydrogen) atoms. The third-order valence-electron chi connectivity index (χ3n) is 3.44. The summed E-state index contributed by atoms with van der Waals surface area (Å²) in [4.78, 5) is 12.2. The van der Waals surface area contributed by atoms with Crippen LogP contribution < -0.4 is 9.62 Å². The lowest BCUT2D eigenvalue weighted by Crippen LogP contribution is -2.40. The van der Waals surface area contributed by atoms with Crippen LogP contribution in [0.4, 0.5) is 5.69 Å². The molecule has 0 fully saturated rings. The molecule has 0 bridgehead atoms. The van der Waals surface area contributed by atoms with Crippen molar-refractivity contribution >= 4 is 44.8 Å². The maximum absolute atomic E-state index is 12.2. The summed E-state index contributed by atoms with van der Waals surface area (Å²) in [6.07, 6.45) is 1.01. The summed E-state index contributed by atoms with van der Waals surface area (Å²) in [6, 6.07) is 12.1. The zero-order chi connectivity index (χ0) is 18.6. The van der Waals surface area contributed by atoms with Gasteiger partial charge in [-0.15, -0.1) is 0 Å². The van der Waals surface area contributed by atoms with E-state index in [4.69, 9.17) is 23.2 Å². The quantitative estimate of drug-likeness (QED) is 0.807. The molecule has 2 aromatic rings. The summed E-state index contributed by atoms with van der Waals surface area (Å²) >= 11 is 12.0. The molecular formula is C17H18Cl2N2O3S.